The first-order chi connectivity index (χ1) is 13.6. The molecule has 1 unspecified atom stereocenters. The quantitative estimate of drug-likeness (QED) is 0.705. The Kier molecular flexibility index (Phi) is 5.16. The van der Waals surface area contributed by atoms with Crippen molar-refractivity contribution in [1.29, 1.82) is 5.26 Å². The lowest BCUT2D eigenvalue weighted by Crippen LogP contribution is -2.26. The van der Waals surface area contributed by atoms with Gasteiger partial charge in [-0.2, -0.15) is 5.26 Å². The Morgan fingerprint density at radius 3 is 2.38 bits per heavy atom. The molecule has 0 fully saturated rings. The largest absolute Gasteiger partial charge is 0.507 e. The predicted octanol–water partition coefficient (Wildman–Crippen LogP) is 3.56. The van der Waals surface area contributed by atoms with Crippen LogP contribution in [0, 0.1) is 16.7 Å². The summed E-state index contributed by atoms with van der Waals surface area (Å²) in [7, 11) is 0. The van der Waals surface area contributed by atoms with Gasteiger partial charge in [-0.25, -0.2) is 9.97 Å². The van der Waals surface area contributed by atoms with Crippen molar-refractivity contribution in [2.75, 3.05) is 0 Å². The molecule has 29 heavy (non-hydrogen) atoms. The molecule has 0 aliphatic carbocycles. The van der Waals surface area contributed by atoms with Crippen LogP contribution in [0.2, 0.25) is 0 Å². The molecule has 0 saturated heterocycles. The molecule has 7 nitrogen and oxygen atoms in total. The van der Waals surface area contributed by atoms with E-state index in [9.17, 15) is 15.0 Å². The zero-order valence-electron chi connectivity index (χ0n) is 17.1. The molecule has 0 aliphatic rings. The highest BCUT2D eigenvalue weighted by atomic mass is 16.3. The number of phenols is 1. The summed E-state index contributed by atoms with van der Waals surface area (Å²) >= 11 is 0. The molecule has 0 radical (unpaired) electrons. The van der Waals surface area contributed by atoms with Crippen LogP contribution in [0.1, 0.15) is 63.7 Å². The van der Waals surface area contributed by atoms with Gasteiger partial charge in [0.15, 0.2) is 0 Å². The molecule has 1 aromatic carbocycles. The van der Waals surface area contributed by atoms with Crippen LogP contribution in [0.4, 0.5) is 0 Å². The number of benzene rings is 1. The monoisotopic (exact) mass is 392 g/mol. The average Bonchev–Trinajstić information content (AvgIpc) is 2.66. The Hall–Kier alpha value is -3.24. The molecule has 3 rings (SSSR count). The highest BCUT2D eigenvalue weighted by molar-refractivity contribution is 5.84. The number of aliphatic hydroxyl groups excluding tert-OH is 1. The van der Waals surface area contributed by atoms with Crippen molar-refractivity contribution in [3.63, 3.8) is 0 Å². The van der Waals surface area contributed by atoms with Crippen LogP contribution in [0.25, 0.3) is 16.6 Å². The van der Waals surface area contributed by atoms with E-state index in [1.807, 2.05) is 40.7 Å². The highest BCUT2D eigenvalue weighted by Gasteiger charge is 2.30. The Labute approximate surface area is 168 Å². The number of aliphatic hydroxyl groups is 1. The molecule has 7 heteroatoms. The van der Waals surface area contributed by atoms with Gasteiger partial charge in [-0.05, 0) is 29.7 Å². The number of fused-ring (bicyclic) bond motifs is 1. The number of aromatic nitrogens is 3. The van der Waals surface area contributed by atoms with Crippen LogP contribution in [0.15, 0.2) is 35.3 Å². The lowest BCUT2D eigenvalue weighted by atomic mass is 9.83. The molecule has 1 atom stereocenters. The molecule has 0 saturated carbocycles. The van der Waals surface area contributed by atoms with Crippen molar-refractivity contribution in [3.05, 3.63) is 57.9 Å². The van der Waals surface area contributed by atoms with Crippen LogP contribution in [-0.4, -0.2) is 24.7 Å². The van der Waals surface area contributed by atoms with Gasteiger partial charge in [0.25, 0.3) is 5.56 Å². The highest BCUT2D eigenvalue weighted by Crippen LogP contribution is 2.40. The van der Waals surface area contributed by atoms with Gasteiger partial charge in [0.2, 0.25) is 0 Å². The van der Waals surface area contributed by atoms with Crippen LogP contribution in [-0.2, 0) is 0 Å². The maximum Gasteiger partial charge on any atom is 0.266 e. The SMILES string of the molecule is CC(C)c1nc2c(C(O)C(C)(C)C)c(O)ccc2c(=O)n1-c1ccc(C#N)nc1. The lowest BCUT2D eigenvalue weighted by molar-refractivity contribution is 0.0616. The lowest BCUT2D eigenvalue weighted by Gasteiger charge is -2.28. The Morgan fingerprint density at radius 2 is 1.86 bits per heavy atom. The fourth-order valence-electron chi connectivity index (χ4n) is 3.20. The third kappa shape index (κ3) is 3.59. The number of phenolic OH excluding ortho intramolecular Hbond substituents is 1. The molecule has 0 bridgehead atoms. The number of nitrogens with zero attached hydrogens (tertiary/aromatic N) is 4. The number of pyridine rings is 1. The van der Waals surface area contributed by atoms with Crippen LogP contribution < -0.4 is 5.56 Å². The summed E-state index contributed by atoms with van der Waals surface area (Å²) in [6, 6.07) is 8.07. The van der Waals surface area contributed by atoms with Gasteiger partial charge < -0.3 is 10.2 Å². The number of nitriles is 1. The molecular weight excluding hydrogens is 368 g/mol. The van der Waals surface area contributed by atoms with Gasteiger partial charge in [0.1, 0.15) is 23.3 Å². The molecule has 2 N–H and O–H groups in total. The average molecular weight is 392 g/mol. The third-order valence-electron chi connectivity index (χ3n) is 4.81. The van der Waals surface area contributed by atoms with Crippen molar-refractivity contribution in [2.24, 2.45) is 5.41 Å². The number of hydrogen-bond acceptors (Lipinski definition) is 6. The number of hydrogen-bond donors (Lipinski definition) is 2. The fourth-order valence-corrected chi connectivity index (χ4v) is 3.20. The first kappa shape index (κ1) is 20.5. The minimum absolute atomic E-state index is 0.0979. The van der Waals surface area contributed by atoms with E-state index in [0.717, 1.165) is 0 Å². The summed E-state index contributed by atoms with van der Waals surface area (Å²) in [6.45, 7) is 9.36. The first-order valence-corrected chi connectivity index (χ1v) is 9.39. The van der Waals surface area contributed by atoms with Crippen molar-refractivity contribution < 1.29 is 10.2 Å². The van der Waals surface area contributed by atoms with E-state index in [2.05, 4.69) is 4.98 Å². The molecular formula is C22H24N4O3. The van der Waals surface area contributed by atoms with Crippen molar-refractivity contribution in [3.8, 4) is 17.5 Å². The maximum absolute atomic E-state index is 13.4. The van der Waals surface area contributed by atoms with E-state index >= 15 is 0 Å². The van der Waals surface area contributed by atoms with Crippen LogP contribution in [0.3, 0.4) is 0 Å². The van der Waals surface area contributed by atoms with Crippen molar-refractivity contribution in [2.45, 2.75) is 46.6 Å². The van der Waals surface area contributed by atoms with E-state index in [1.165, 1.54) is 22.9 Å². The predicted molar refractivity (Wildman–Crippen MR) is 110 cm³/mol. The van der Waals surface area contributed by atoms with E-state index < -0.39 is 11.5 Å². The van der Waals surface area contributed by atoms with Gasteiger partial charge in [-0.15, -0.1) is 0 Å². The van der Waals surface area contributed by atoms with Gasteiger partial charge in [-0.3, -0.25) is 9.36 Å². The van der Waals surface area contributed by atoms with Gasteiger partial charge in [0, 0.05) is 11.5 Å². The van der Waals surface area contributed by atoms with E-state index in [4.69, 9.17) is 10.2 Å². The maximum atomic E-state index is 13.4. The molecule has 150 valence electrons. The zero-order chi connectivity index (χ0) is 21.5. The second-order valence-electron chi connectivity index (χ2n) is 8.44. The molecule has 0 spiro atoms. The second-order valence-corrected chi connectivity index (χ2v) is 8.44. The van der Waals surface area contributed by atoms with Crippen LogP contribution in [0.5, 0.6) is 5.75 Å². The number of aromatic hydroxyl groups is 1. The standard InChI is InChI=1S/C22H24N4O3/c1-12(2)20-25-18-15(8-9-16(27)17(18)19(28)22(3,4)5)21(29)26(20)14-7-6-13(10-23)24-11-14/h6-9,11-12,19,27-28H,1-5H3. The second kappa shape index (κ2) is 7.30. The minimum atomic E-state index is -1.01. The fraction of sp³-hybridized carbons (Fsp3) is 0.364. The normalized spacial score (nSPS) is 12.9. The van der Waals surface area contributed by atoms with E-state index in [-0.39, 0.29) is 33.9 Å². The van der Waals surface area contributed by atoms with Crippen molar-refractivity contribution in [1.82, 2.24) is 14.5 Å². The van der Waals surface area contributed by atoms with Gasteiger partial charge in [0.05, 0.1) is 28.9 Å². The molecule has 0 amide bonds. The molecule has 3 aromatic rings. The van der Waals surface area contributed by atoms with Crippen molar-refractivity contribution >= 4 is 10.9 Å². The Balaban J connectivity index is 2.40. The summed E-state index contributed by atoms with van der Waals surface area (Å²) in [5.74, 6) is 0.256. The van der Waals surface area contributed by atoms with E-state index in [0.29, 0.717) is 17.0 Å². The van der Waals surface area contributed by atoms with Crippen LogP contribution >= 0.6 is 0 Å². The summed E-state index contributed by atoms with van der Waals surface area (Å²) in [4.78, 5) is 22.2. The third-order valence-corrected chi connectivity index (χ3v) is 4.81. The summed E-state index contributed by atoms with van der Waals surface area (Å²) in [6.07, 6.45) is 0.454. The first-order valence-electron chi connectivity index (χ1n) is 9.39. The topological polar surface area (TPSA) is 112 Å². The summed E-state index contributed by atoms with van der Waals surface area (Å²) < 4.78 is 1.46. The smallest absolute Gasteiger partial charge is 0.266 e. The molecule has 2 aromatic heterocycles. The van der Waals surface area contributed by atoms with Gasteiger partial charge in [-0.1, -0.05) is 34.6 Å². The Bertz CT molecular complexity index is 1170. The van der Waals surface area contributed by atoms with Gasteiger partial charge >= 0.3 is 0 Å². The summed E-state index contributed by atoms with van der Waals surface area (Å²) in [5.41, 5.74) is 0.406. The molecule has 0 aliphatic heterocycles. The zero-order valence-corrected chi connectivity index (χ0v) is 17.1. The summed E-state index contributed by atoms with van der Waals surface area (Å²) in [5, 5.41) is 30.6. The Morgan fingerprint density at radius 1 is 1.17 bits per heavy atom. The minimum Gasteiger partial charge on any atom is -0.507 e. The molecule has 2 heterocycles. The number of rotatable bonds is 3. The van der Waals surface area contributed by atoms with E-state index in [1.54, 1.807) is 12.1 Å².